The number of hydrogen-bond donors (Lipinski definition) is 2. The van der Waals surface area contributed by atoms with Gasteiger partial charge < -0.3 is 15.4 Å². The lowest BCUT2D eigenvalue weighted by atomic mass is 10.0. The molecular formula is C14H14ClN3O2. The molecule has 1 aliphatic heterocycles. The highest BCUT2D eigenvalue weighted by molar-refractivity contribution is 6.30. The van der Waals surface area contributed by atoms with E-state index in [1.807, 2.05) is 16.7 Å². The van der Waals surface area contributed by atoms with E-state index in [0.717, 1.165) is 12.0 Å². The summed E-state index contributed by atoms with van der Waals surface area (Å²) in [5, 5.41) is 9.90. The molecule has 1 aliphatic rings. The third kappa shape index (κ3) is 2.19. The summed E-state index contributed by atoms with van der Waals surface area (Å²) in [6, 6.07) is 7.26. The van der Waals surface area contributed by atoms with Crippen LogP contribution >= 0.6 is 11.6 Å². The van der Waals surface area contributed by atoms with Gasteiger partial charge in [-0.05, 0) is 18.6 Å². The Morgan fingerprint density at radius 2 is 2.30 bits per heavy atom. The fourth-order valence-electron chi connectivity index (χ4n) is 2.60. The van der Waals surface area contributed by atoms with Gasteiger partial charge in [-0.15, -0.1) is 0 Å². The normalized spacial score (nSPS) is 17.8. The zero-order valence-corrected chi connectivity index (χ0v) is 11.5. The van der Waals surface area contributed by atoms with E-state index in [-0.39, 0.29) is 11.7 Å². The van der Waals surface area contributed by atoms with Crippen LogP contribution in [-0.2, 0) is 13.0 Å². The van der Waals surface area contributed by atoms with Crippen molar-refractivity contribution >= 4 is 17.6 Å². The van der Waals surface area contributed by atoms with E-state index in [4.69, 9.17) is 17.3 Å². The summed E-state index contributed by atoms with van der Waals surface area (Å²) >= 11 is 6.00. The Morgan fingerprint density at radius 3 is 3.00 bits per heavy atom. The molecule has 0 radical (unpaired) electrons. The van der Waals surface area contributed by atoms with Crippen LogP contribution in [0.15, 0.2) is 24.3 Å². The molecule has 0 bridgehead atoms. The van der Waals surface area contributed by atoms with Crippen LogP contribution in [0.1, 0.15) is 22.6 Å². The molecule has 0 aliphatic carbocycles. The Kier molecular flexibility index (Phi) is 3.23. The highest BCUT2D eigenvalue weighted by Crippen LogP contribution is 2.28. The number of carbonyl (C=O) groups is 1. The molecule has 104 valence electrons. The minimum Gasteiger partial charge on any atom is -0.476 e. The van der Waals surface area contributed by atoms with Crippen LogP contribution in [-0.4, -0.2) is 26.7 Å². The molecule has 1 atom stereocenters. The minimum atomic E-state index is -1.02. The zero-order valence-electron chi connectivity index (χ0n) is 10.7. The van der Waals surface area contributed by atoms with Crippen LogP contribution in [0.5, 0.6) is 0 Å². The van der Waals surface area contributed by atoms with Gasteiger partial charge in [0.1, 0.15) is 5.82 Å². The van der Waals surface area contributed by atoms with Gasteiger partial charge in [-0.2, -0.15) is 0 Å². The van der Waals surface area contributed by atoms with E-state index in [2.05, 4.69) is 4.98 Å². The number of halogens is 1. The number of aromatic carboxylic acids is 1. The number of nitrogens with zero attached hydrogens (tertiary/aromatic N) is 2. The summed E-state index contributed by atoms with van der Waals surface area (Å²) < 4.78 is 1.94. The molecule has 0 spiro atoms. The van der Waals surface area contributed by atoms with Crippen LogP contribution in [0.2, 0.25) is 5.02 Å². The molecule has 3 rings (SSSR count). The maximum atomic E-state index is 11.3. The highest BCUT2D eigenvalue weighted by atomic mass is 35.5. The lowest BCUT2D eigenvalue weighted by Gasteiger charge is -2.22. The maximum Gasteiger partial charge on any atom is 0.356 e. The lowest BCUT2D eigenvalue weighted by molar-refractivity contribution is 0.0689. The van der Waals surface area contributed by atoms with Gasteiger partial charge in [0, 0.05) is 29.6 Å². The number of benzene rings is 1. The number of aromatic nitrogens is 2. The lowest BCUT2D eigenvalue weighted by Crippen LogP contribution is -2.31. The first-order valence-corrected chi connectivity index (χ1v) is 6.78. The van der Waals surface area contributed by atoms with Gasteiger partial charge in [0.05, 0.1) is 5.69 Å². The quantitative estimate of drug-likeness (QED) is 0.888. The van der Waals surface area contributed by atoms with Crippen molar-refractivity contribution in [3.8, 4) is 11.4 Å². The minimum absolute atomic E-state index is 0.00971. The van der Waals surface area contributed by atoms with Gasteiger partial charge in [-0.3, -0.25) is 0 Å². The molecule has 6 heteroatoms. The monoisotopic (exact) mass is 291 g/mol. The molecule has 0 saturated heterocycles. The molecule has 2 aromatic rings. The fourth-order valence-corrected chi connectivity index (χ4v) is 2.79. The van der Waals surface area contributed by atoms with Crippen molar-refractivity contribution in [1.82, 2.24) is 9.55 Å². The molecule has 1 unspecified atom stereocenters. The largest absolute Gasteiger partial charge is 0.476 e. The predicted octanol–water partition coefficient (Wildman–Crippen LogP) is 2.18. The third-order valence-corrected chi connectivity index (χ3v) is 3.77. The Labute approximate surface area is 121 Å². The average molecular weight is 292 g/mol. The van der Waals surface area contributed by atoms with E-state index in [1.54, 1.807) is 12.1 Å². The first-order valence-electron chi connectivity index (χ1n) is 6.40. The average Bonchev–Trinajstić information content (AvgIpc) is 2.77. The predicted molar refractivity (Wildman–Crippen MR) is 75.9 cm³/mol. The molecule has 0 saturated carbocycles. The molecular weight excluding hydrogens is 278 g/mol. The summed E-state index contributed by atoms with van der Waals surface area (Å²) in [4.78, 5) is 15.6. The van der Waals surface area contributed by atoms with Crippen LogP contribution in [0, 0.1) is 0 Å². The fraction of sp³-hybridized carbons (Fsp3) is 0.286. The van der Waals surface area contributed by atoms with Crippen molar-refractivity contribution in [2.75, 3.05) is 0 Å². The first-order chi connectivity index (χ1) is 9.56. The van der Waals surface area contributed by atoms with E-state index in [1.165, 1.54) is 0 Å². The number of carboxylic acids is 1. The second kappa shape index (κ2) is 4.92. The zero-order chi connectivity index (χ0) is 14.3. The SMILES string of the molecule is NC1CCn2c(-c3cccc(Cl)c3)nc(C(=O)O)c2C1. The summed E-state index contributed by atoms with van der Waals surface area (Å²) in [6.45, 7) is 0.679. The standard InChI is InChI=1S/C14H14ClN3O2/c15-9-3-1-2-8(6-9)13-17-12(14(19)20)11-7-10(16)4-5-18(11)13/h1-3,6,10H,4-5,7,16H2,(H,19,20). The van der Waals surface area contributed by atoms with E-state index in [0.29, 0.717) is 29.5 Å². The third-order valence-electron chi connectivity index (χ3n) is 3.54. The van der Waals surface area contributed by atoms with Gasteiger partial charge in [-0.1, -0.05) is 23.7 Å². The molecule has 0 amide bonds. The first kappa shape index (κ1) is 13.1. The van der Waals surface area contributed by atoms with Crippen molar-refractivity contribution in [3.63, 3.8) is 0 Å². The van der Waals surface area contributed by atoms with Crippen molar-refractivity contribution < 1.29 is 9.90 Å². The number of rotatable bonds is 2. The highest BCUT2D eigenvalue weighted by Gasteiger charge is 2.27. The summed E-state index contributed by atoms with van der Waals surface area (Å²) in [7, 11) is 0. The van der Waals surface area contributed by atoms with Crippen molar-refractivity contribution in [2.24, 2.45) is 5.73 Å². The number of fused-ring (bicyclic) bond motifs is 1. The van der Waals surface area contributed by atoms with Gasteiger partial charge in [0.15, 0.2) is 5.69 Å². The number of imidazole rings is 1. The van der Waals surface area contributed by atoms with Crippen LogP contribution in [0.3, 0.4) is 0 Å². The molecule has 1 aromatic carbocycles. The summed E-state index contributed by atoms with van der Waals surface area (Å²) in [5.74, 6) is -0.372. The Morgan fingerprint density at radius 1 is 1.50 bits per heavy atom. The second-order valence-corrected chi connectivity index (χ2v) is 5.39. The van der Waals surface area contributed by atoms with Crippen molar-refractivity contribution in [3.05, 3.63) is 40.7 Å². The van der Waals surface area contributed by atoms with Gasteiger partial charge >= 0.3 is 5.97 Å². The number of nitrogens with two attached hydrogens (primary N) is 1. The molecule has 5 nitrogen and oxygen atoms in total. The van der Waals surface area contributed by atoms with Gasteiger partial charge in [0.25, 0.3) is 0 Å². The van der Waals surface area contributed by atoms with E-state index in [9.17, 15) is 9.90 Å². The molecule has 3 N–H and O–H groups in total. The summed E-state index contributed by atoms with van der Waals surface area (Å²) in [5.41, 5.74) is 7.55. The van der Waals surface area contributed by atoms with Gasteiger partial charge in [0.2, 0.25) is 0 Å². The number of carboxylic acid groups (broad SMARTS) is 1. The second-order valence-electron chi connectivity index (χ2n) is 4.95. The van der Waals surface area contributed by atoms with Crippen LogP contribution in [0.25, 0.3) is 11.4 Å². The summed E-state index contributed by atoms with van der Waals surface area (Å²) in [6.07, 6.45) is 1.35. The maximum absolute atomic E-state index is 11.3. The Bertz CT molecular complexity index is 681. The Balaban J connectivity index is 2.17. The molecule has 0 fully saturated rings. The number of hydrogen-bond acceptors (Lipinski definition) is 3. The van der Waals surface area contributed by atoms with Crippen LogP contribution < -0.4 is 5.73 Å². The van der Waals surface area contributed by atoms with Gasteiger partial charge in [-0.25, -0.2) is 9.78 Å². The molecule has 2 heterocycles. The smallest absolute Gasteiger partial charge is 0.356 e. The molecule has 20 heavy (non-hydrogen) atoms. The van der Waals surface area contributed by atoms with Crippen molar-refractivity contribution in [2.45, 2.75) is 25.4 Å². The Hall–Kier alpha value is -1.85. The van der Waals surface area contributed by atoms with Crippen LogP contribution in [0.4, 0.5) is 0 Å². The topological polar surface area (TPSA) is 81.1 Å². The van der Waals surface area contributed by atoms with Crippen molar-refractivity contribution in [1.29, 1.82) is 0 Å². The van der Waals surface area contributed by atoms with E-state index >= 15 is 0 Å². The van der Waals surface area contributed by atoms with E-state index < -0.39 is 5.97 Å². The molecule has 1 aromatic heterocycles.